The monoisotopic (exact) mass is 362 g/mol. The Balaban J connectivity index is 2.00. The highest BCUT2D eigenvalue weighted by molar-refractivity contribution is 6.30. The van der Waals surface area contributed by atoms with Gasteiger partial charge in [-0.2, -0.15) is 0 Å². The third-order valence-electron chi connectivity index (χ3n) is 3.34. The summed E-state index contributed by atoms with van der Waals surface area (Å²) in [5.41, 5.74) is 1.90. The van der Waals surface area contributed by atoms with E-state index in [9.17, 15) is 4.79 Å². The molecule has 0 saturated carbocycles. The molecule has 1 heterocycles. The van der Waals surface area contributed by atoms with E-state index in [1.54, 1.807) is 42.1 Å². The first-order chi connectivity index (χ1) is 12.0. The van der Waals surface area contributed by atoms with Gasteiger partial charge in [0.1, 0.15) is 6.61 Å². The van der Waals surface area contributed by atoms with Crippen molar-refractivity contribution in [3.05, 3.63) is 65.0 Å². The molecule has 1 aromatic carbocycles. The summed E-state index contributed by atoms with van der Waals surface area (Å²) in [6, 6.07) is 9.07. The van der Waals surface area contributed by atoms with E-state index in [-0.39, 0.29) is 6.61 Å². The summed E-state index contributed by atoms with van der Waals surface area (Å²) in [6.45, 7) is 2.03. The van der Waals surface area contributed by atoms with Gasteiger partial charge in [0, 0.05) is 17.3 Å². The molecule has 0 aliphatic rings. The van der Waals surface area contributed by atoms with Gasteiger partial charge < -0.3 is 14.2 Å². The van der Waals surface area contributed by atoms with Gasteiger partial charge in [0.25, 0.3) is 0 Å². The highest BCUT2D eigenvalue weighted by Gasteiger charge is 2.12. The number of esters is 1. The summed E-state index contributed by atoms with van der Waals surface area (Å²) in [5.74, 6) is -0.00282. The van der Waals surface area contributed by atoms with Crippen molar-refractivity contribution >= 4 is 17.6 Å². The van der Waals surface area contributed by atoms with E-state index in [1.165, 1.54) is 20.5 Å². The maximum atomic E-state index is 11.7. The molecule has 7 heteroatoms. The van der Waals surface area contributed by atoms with Crippen LogP contribution in [0.25, 0.3) is 5.69 Å². The van der Waals surface area contributed by atoms with E-state index in [2.05, 4.69) is 5.10 Å². The van der Waals surface area contributed by atoms with E-state index in [0.717, 1.165) is 5.69 Å². The predicted molar refractivity (Wildman–Crippen MR) is 94.9 cm³/mol. The van der Waals surface area contributed by atoms with Crippen LogP contribution < -0.4 is 4.74 Å². The van der Waals surface area contributed by atoms with Crippen molar-refractivity contribution < 1.29 is 19.0 Å². The number of methoxy groups -OCH3 is 2. The van der Waals surface area contributed by atoms with E-state index in [0.29, 0.717) is 22.0 Å². The Bertz CT molecular complexity index is 779. The summed E-state index contributed by atoms with van der Waals surface area (Å²) in [4.78, 5) is 11.7. The molecule has 25 heavy (non-hydrogen) atoms. The number of nitrogens with zero attached hydrogens (tertiary/aromatic N) is 2. The lowest BCUT2D eigenvalue weighted by atomic mass is 10.1. The first-order valence-electron chi connectivity index (χ1n) is 7.48. The maximum absolute atomic E-state index is 11.7. The Morgan fingerprint density at radius 2 is 1.96 bits per heavy atom. The van der Waals surface area contributed by atoms with Gasteiger partial charge in [-0.25, -0.2) is 9.48 Å². The average Bonchev–Trinajstić information content (AvgIpc) is 3.08. The lowest BCUT2D eigenvalue weighted by molar-refractivity contribution is -0.135. The number of rotatable bonds is 7. The third-order valence-corrected chi connectivity index (χ3v) is 3.59. The Morgan fingerprint density at radius 1 is 1.24 bits per heavy atom. The first kappa shape index (κ1) is 18.6. The van der Waals surface area contributed by atoms with Gasteiger partial charge in [-0.15, -0.1) is 5.10 Å². The Kier molecular flexibility index (Phi) is 6.65. The van der Waals surface area contributed by atoms with Gasteiger partial charge in [0.15, 0.2) is 0 Å². The van der Waals surface area contributed by atoms with Gasteiger partial charge >= 0.3 is 5.97 Å². The Labute approximate surface area is 151 Å². The SMILES string of the molecule is CO/C=C(C(=O)OC)\C(C)=C/COc1ccn(-c2ccc(Cl)cc2)n1. The number of carbonyl (C=O) groups excluding carboxylic acids is 1. The van der Waals surface area contributed by atoms with Gasteiger partial charge in [-0.3, -0.25) is 0 Å². The van der Waals surface area contributed by atoms with Crippen LogP contribution in [0.1, 0.15) is 6.92 Å². The highest BCUT2D eigenvalue weighted by atomic mass is 35.5. The molecule has 0 saturated heterocycles. The van der Waals surface area contributed by atoms with Gasteiger partial charge in [0.2, 0.25) is 5.88 Å². The topological polar surface area (TPSA) is 62.6 Å². The summed E-state index contributed by atoms with van der Waals surface area (Å²) in [7, 11) is 2.79. The van der Waals surface area contributed by atoms with Crippen LogP contribution in [-0.4, -0.2) is 36.6 Å². The van der Waals surface area contributed by atoms with Crippen molar-refractivity contribution in [3.8, 4) is 11.6 Å². The molecule has 132 valence electrons. The van der Waals surface area contributed by atoms with Gasteiger partial charge in [0.05, 0.1) is 31.7 Å². The van der Waals surface area contributed by atoms with Crippen LogP contribution in [0.2, 0.25) is 5.02 Å². The minimum Gasteiger partial charge on any atom is -0.503 e. The summed E-state index contributed by atoms with van der Waals surface area (Å²) < 4.78 is 16.9. The molecule has 2 aromatic rings. The molecule has 0 atom stereocenters. The average molecular weight is 363 g/mol. The second kappa shape index (κ2) is 8.94. The number of aromatic nitrogens is 2. The Hall–Kier alpha value is -2.73. The zero-order valence-electron chi connectivity index (χ0n) is 14.2. The highest BCUT2D eigenvalue weighted by Crippen LogP contribution is 2.16. The number of carbonyl (C=O) groups is 1. The minimum absolute atomic E-state index is 0.252. The fourth-order valence-electron chi connectivity index (χ4n) is 2.01. The zero-order chi connectivity index (χ0) is 18.2. The second-order valence-electron chi connectivity index (χ2n) is 5.03. The largest absolute Gasteiger partial charge is 0.503 e. The van der Waals surface area contributed by atoms with Gasteiger partial charge in [-0.05, 0) is 42.8 Å². The molecule has 0 fully saturated rings. The van der Waals surface area contributed by atoms with Crippen molar-refractivity contribution in [2.45, 2.75) is 6.92 Å². The van der Waals surface area contributed by atoms with Crippen LogP contribution in [0.15, 0.2) is 60.0 Å². The molecule has 0 spiro atoms. The first-order valence-corrected chi connectivity index (χ1v) is 7.85. The zero-order valence-corrected chi connectivity index (χ0v) is 15.0. The van der Waals surface area contributed by atoms with E-state index < -0.39 is 5.97 Å². The standard InChI is InChI=1S/C18H19ClN2O4/c1-13(16(12-23-2)18(22)24-3)9-11-25-17-8-10-21(20-17)15-6-4-14(19)5-7-15/h4-10,12H,11H2,1-3H3/b13-9-,16-12+. The predicted octanol–water partition coefficient (Wildman–Crippen LogP) is 3.55. The molecule has 2 rings (SSSR count). The van der Waals surface area contributed by atoms with Crippen molar-refractivity contribution in [1.29, 1.82) is 0 Å². The molecule has 0 radical (unpaired) electrons. The summed E-state index contributed by atoms with van der Waals surface area (Å²) >= 11 is 5.88. The molecule has 1 aromatic heterocycles. The molecule has 0 bridgehead atoms. The van der Waals surface area contributed by atoms with Crippen molar-refractivity contribution in [2.24, 2.45) is 0 Å². The summed E-state index contributed by atoms with van der Waals surface area (Å²) in [5, 5.41) is 5.00. The number of benzene rings is 1. The van der Waals surface area contributed by atoms with Crippen LogP contribution in [0, 0.1) is 0 Å². The lowest BCUT2D eigenvalue weighted by Crippen LogP contribution is -2.07. The van der Waals surface area contributed by atoms with Crippen LogP contribution in [0.5, 0.6) is 5.88 Å². The summed E-state index contributed by atoms with van der Waals surface area (Å²) in [6.07, 6.45) is 4.88. The van der Waals surface area contributed by atoms with E-state index >= 15 is 0 Å². The number of halogens is 1. The number of hydrogen-bond donors (Lipinski definition) is 0. The number of ether oxygens (including phenoxy) is 3. The molecule has 0 unspecified atom stereocenters. The molecule has 0 aliphatic carbocycles. The van der Waals surface area contributed by atoms with Crippen LogP contribution >= 0.6 is 11.6 Å². The van der Waals surface area contributed by atoms with Crippen molar-refractivity contribution in [2.75, 3.05) is 20.8 Å². The molecule has 6 nitrogen and oxygen atoms in total. The fourth-order valence-corrected chi connectivity index (χ4v) is 2.14. The Morgan fingerprint density at radius 3 is 2.60 bits per heavy atom. The maximum Gasteiger partial charge on any atom is 0.341 e. The van der Waals surface area contributed by atoms with Crippen molar-refractivity contribution in [1.82, 2.24) is 9.78 Å². The lowest BCUT2D eigenvalue weighted by Gasteiger charge is -2.06. The third kappa shape index (κ3) is 5.12. The number of hydrogen-bond acceptors (Lipinski definition) is 5. The second-order valence-corrected chi connectivity index (χ2v) is 5.47. The molecular weight excluding hydrogens is 344 g/mol. The van der Waals surface area contributed by atoms with Crippen LogP contribution in [-0.2, 0) is 14.3 Å². The quantitative estimate of drug-likeness (QED) is 0.326. The van der Waals surface area contributed by atoms with E-state index in [1.807, 2.05) is 12.1 Å². The molecule has 0 amide bonds. The van der Waals surface area contributed by atoms with Gasteiger partial charge in [-0.1, -0.05) is 11.6 Å². The van der Waals surface area contributed by atoms with Crippen LogP contribution in [0.4, 0.5) is 0 Å². The molecular formula is C18H19ClN2O4. The normalized spacial score (nSPS) is 12.0. The minimum atomic E-state index is -0.470. The molecule has 0 aliphatic heterocycles. The fraction of sp³-hybridized carbons (Fsp3) is 0.222. The van der Waals surface area contributed by atoms with Crippen LogP contribution in [0.3, 0.4) is 0 Å². The van der Waals surface area contributed by atoms with E-state index in [4.69, 9.17) is 25.8 Å². The van der Waals surface area contributed by atoms with Crippen molar-refractivity contribution in [3.63, 3.8) is 0 Å². The smallest absolute Gasteiger partial charge is 0.341 e. The molecule has 0 N–H and O–H groups in total.